The molecule has 0 fully saturated rings. The SMILES string of the molecule is CC(C)[C@H](NC(=O)[C@H](CCC(=O)O)NC(=O)[C@@H](N)CC(=O)O)C(=O)N[C@@H](CC(=O)O)C(=O)C=O. The highest BCUT2D eigenvalue weighted by Gasteiger charge is 2.32. The van der Waals surface area contributed by atoms with Crippen LogP contribution < -0.4 is 21.7 Å². The summed E-state index contributed by atoms with van der Waals surface area (Å²) >= 11 is 0. The van der Waals surface area contributed by atoms with Crippen molar-refractivity contribution < 1.29 is 53.7 Å². The van der Waals surface area contributed by atoms with Gasteiger partial charge in [-0.2, -0.15) is 0 Å². The third-order valence-electron chi connectivity index (χ3n) is 4.41. The highest BCUT2D eigenvalue weighted by atomic mass is 16.4. The fourth-order valence-corrected chi connectivity index (χ4v) is 2.63. The molecule has 0 aliphatic rings. The number of rotatable bonds is 16. The maximum atomic E-state index is 12.7. The normalized spacial score (nSPS) is 14.1. The summed E-state index contributed by atoms with van der Waals surface area (Å²) in [5.74, 6) is -9.06. The first-order chi connectivity index (χ1) is 15.7. The molecule has 0 radical (unpaired) electrons. The first-order valence-electron chi connectivity index (χ1n) is 10.0. The summed E-state index contributed by atoms with van der Waals surface area (Å²) < 4.78 is 0. The molecule has 0 spiro atoms. The molecule has 0 aromatic rings. The van der Waals surface area contributed by atoms with E-state index in [2.05, 4.69) is 16.0 Å². The van der Waals surface area contributed by atoms with Crippen LogP contribution in [0.15, 0.2) is 0 Å². The predicted octanol–water partition coefficient (Wildman–Crippen LogP) is -2.99. The van der Waals surface area contributed by atoms with E-state index in [1.165, 1.54) is 13.8 Å². The minimum Gasteiger partial charge on any atom is -0.481 e. The van der Waals surface area contributed by atoms with E-state index in [0.717, 1.165) is 0 Å². The molecule has 0 aliphatic carbocycles. The third-order valence-corrected chi connectivity index (χ3v) is 4.41. The highest BCUT2D eigenvalue weighted by Crippen LogP contribution is 2.07. The van der Waals surface area contributed by atoms with Crippen molar-refractivity contribution in [3.05, 3.63) is 0 Å². The van der Waals surface area contributed by atoms with Crippen molar-refractivity contribution in [2.24, 2.45) is 11.7 Å². The molecule has 0 heterocycles. The molecule has 0 saturated carbocycles. The highest BCUT2D eigenvalue weighted by molar-refractivity contribution is 6.28. The molecular formula is C19H28N4O11. The van der Waals surface area contributed by atoms with Crippen molar-refractivity contribution in [3.8, 4) is 0 Å². The van der Waals surface area contributed by atoms with Gasteiger partial charge in [0.25, 0.3) is 0 Å². The van der Waals surface area contributed by atoms with Crippen LogP contribution in [0.5, 0.6) is 0 Å². The van der Waals surface area contributed by atoms with Gasteiger partial charge in [0.2, 0.25) is 23.5 Å². The molecule has 15 heteroatoms. The van der Waals surface area contributed by atoms with Gasteiger partial charge in [-0.3, -0.25) is 38.4 Å². The van der Waals surface area contributed by atoms with Crippen LogP contribution in [0.3, 0.4) is 0 Å². The van der Waals surface area contributed by atoms with Crippen LogP contribution in [0.1, 0.15) is 39.5 Å². The lowest BCUT2D eigenvalue weighted by Gasteiger charge is -2.26. The second kappa shape index (κ2) is 14.3. The summed E-state index contributed by atoms with van der Waals surface area (Å²) in [5, 5.41) is 33.0. The summed E-state index contributed by atoms with van der Waals surface area (Å²) in [6, 6.07) is -6.10. The number of carboxylic acids is 3. The molecule has 3 amide bonds. The smallest absolute Gasteiger partial charge is 0.305 e. The van der Waals surface area contributed by atoms with Gasteiger partial charge < -0.3 is 37.0 Å². The molecule has 0 bridgehead atoms. The Labute approximate surface area is 193 Å². The molecular weight excluding hydrogens is 460 g/mol. The fraction of sp³-hybridized carbons (Fsp3) is 0.579. The zero-order chi connectivity index (χ0) is 26.6. The van der Waals surface area contributed by atoms with Gasteiger partial charge in [0.05, 0.1) is 18.9 Å². The van der Waals surface area contributed by atoms with Crippen molar-refractivity contribution in [2.45, 2.75) is 63.7 Å². The van der Waals surface area contributed by atoms with Gasteiger partial charge in [-0.1, -0.05) is 13.8 Å². The lowest BCUT2D eigenvalue weighted by molar-refractivity contribution is -0.142. The molecule has 0 aromatic heterocycles. The Morgan fingerprint density at radius 1 is 0.765 bits per heavy atom. The van der Waals surface area contributed by atoms with Crippen LogP contribution in [-0.4, -0.2) is 87.2 Å². The van der Waals surface area contributed by atoms with E-state index < -0.39 is 97.2 Å². The number of Topliss-reactive ketones (excluding diaryl/α,β-unsaturated/α-hetero) is 1. The zero-order valence-electron chi connectivity index (χ0n) is 18.5. The Morgan fingerprint density at radius 2 is 1.29 bits per heavy atom. The summed E-state index contributed by atoms with van der Waals surface area (Å²) in [7, 11) is 0. The van der Waals surface area contributed by atoms with E-state index in [1.54, 1.807) is 0 Å². The fourth-order valence-electron chi connectivity index (χ4n) is 2.63. The first kappa shape index (κ1) is 30.1. The number of carbonyl (C=O) groups excluding carboxylic acids is 5. The predicted molar refractivity (Wildman–Crippen MR) is 111 cm³/mol. The minimum absolute atomic E-state index is 0.158. The number of aliphatic carboxylic acids is 3. The van der Waals surface area contributed by atoms with E-state index >= 15 is 0 Å². The lowest BCUT2D eigenvalue weighted by atomic mass is 10.0. The maximum Gasteiger partial charge on any atom is 0.305 e. The molecule has 190 valence electrons. The van der Waals surface area contributed by atoms with Gasteiger partial charge in [0.1, 0.15) is 18.1 Å². The van der Waals surface area contributed by atoms with Crippen molar-refractivity contribution in [1.29, 1.82) is 0 Å². The number of nitrogens with one attached hydrogen (secondary N) is 3. The topological polar surface area (TPSA) is 259 Å². The molecule has 0 rings (SSSR count). The number of hydrogen-bond donors (Lipinski definition) is 7. The summed E-state index contributed by atoms with van der Waals surface area (Å²) in [5.41, 5.74) is 5.44. The molecule has 4 atom stereocenters. The standard InChI is InChI=1S/C19H28N4O11/c1-8(2)16(19(34)22-11(6-15(30)31)12(25)7-24)23-18(33)10(3-4-13(26)27)21-17(32)9(20)5-14(28)29/h7-11,16H,3-6,20H2,1-2H3,(H,21,32)(H,22,34)(H,23,33)(H,26,27)(H,28,29)(H,30,31)/t9-,10-,11-,16-/m0/s1. The molecule has 0 saturated heterocycles. The monoisotopic (exact) mass is 488 g/mol. The Bertz CT molecular complexity index is 827. The number of aldehydes is 1. The summed E-state index contributed by atoms with van der Waals surface area (Å²) in [6.07, 6.45) is -2.80. The second-order valence-corrected chi connectivity index (χ2v) is 7.61. The number of carbonyl (C=O) groups is 8. The molecule has 8 N–H and O–H groups in total. The summed E-state index contributed by atoms with van der Waals surface area (Å²) in [6.45, 7) is 2.98. The third kappa shape index (κ3) is 11.1. The summed E-state index contributed by atoms with van der Waals surface area (Å²) in [4.78, 5) is 92.4. The number of hydrogen-bond acceptors (Lipinski definition) is 9. The van der Waals surface area contributed by atoms with E-state index in [9.17, 15) is 38.4 Å². The second-order valence-electron chi connectivity index (χ2n) is 7.61. The molecule has 0 aliphatic heterocycles. The van der Waals surface area contributed by atoms with Gasteiger partial charge in [-0.15, -0.1) is 0 Å². The van der Waals surface area contributed by atoms with Crippen LogP contribution in [-0.2, 0) is 38.4 Å². The first-order valence-corrected chi connectivity index (χ1v) is 10.0. The number of amides is 3. The van der Waals surface area contributed by atoms with Crippen molar-refractivity contribution in [2.75, 3.05) is 0 Å². The van der Waals surface area contributed by atoms with Crippen LogP contribution in [0.2, 0.25) is 0 Å². The number of nitrogens with two attached hydrogens (primary N) is 1. The van der Waals surface area contributed by atoms with E-state index in [0.29, 0.717) is 0 Å². The molecule has 0 aromatic carbocycles. The Hall–Kier alpha value is -3.88. The number of carboxylic acid groups (broad SMARTS) is 3. The zero-order valence-corrected chi connectivity index (χ0v) is 18.5. The van der Waals surface area contributed by atoms with Crippen LogP contribution in [0.4, 0.5) is 0 Å². The van der Waals surface area contributed by atoms with E-state index in [-0.39, 0.29) is 6.29 Å². The van der Waals surface area contributed by atoms with Gasteiger partial charge in [-0.05, 0) is 12.3 Å². The Morgan fingerprint density at radius 3 is 1.74 bits per heavy atom. The molecule has 0 unspecified atom stereocenters. The van der Waals surface area contributed by atoms with E-state index in [1.807, 2.05) is 0 Å². The van der Waals surface area contributed by atoms with Crippen LogP contribution in [0.25, 0.3) is 0 Å². The average molecular weight is 488 g/mol. The Balaban J connectivity index is 5.59. The quantitative estimate of drug-likeness (QED) is 0.0847. The lowest BCUT2D eigenvalue weighted by Crippen LogP contribution is -2.58. The van der Waals surface area contributed by atoms with E-state index in [4.69, 9.17) is 21.1 Å². The van der Waals surface area contributed by atoms with Gasteiger partial charge in [0.15, 0.2) is 6.29 Å². The average Bonchev–Trinajstić information content (AvgIpc) is 2.71. The minimum atomic E-state index is -1.68. The Kier molecular flexibility index (Phi) is 12.7. The van der Waals surface area contributed by atoms with Gasteiger partial charge >= 0.3 is 17.9 Å². The van der Waals surface area contributed by atoms with Gasteiger partial charge in [-0.25, -0.2) is 0 Å². The van der Waals surface area contributed by atoms with Crippen molar-refractivity contribution in [3.63, 3.8) is 0 Å². The largest absolute Gasteiger partial charge is 0.481 e. The van der Waals surface area contributed by atoms with Crippen LogP contribution in [0, 0.1) is 5.92 Å². The molecule has 15 nitrogen and oxygen atoms in total. The maximum absolute atomic E-state index is 12.7. The van der Waals surface area contributed by atoms with Crippen LogP contribution >= 0.6 is 0 Å². The molecule has 34 heavy (non-hydrogen) atoms. The van der Waals surface area contributed by atoms with Crippen molar-refractivity contribution >= 4 is 47.7 Å². The van der Waals surface area contributed by atoms with Gasteiger partial charge in [0, 0.05) is 6.42 Å². The number of ketones is 1. The van der Waals surface area contributed by atoms with Crippen molar-refractivity contribution in [1.82, 2.24) is 16.0 Å².